The average molecular weight is 435 g/mol. The number of aliphatic imine (C=N–C) groups is 1. The van der Waals surface area contributed by atoms with E-state index in [0.717, 1.165) is 51.6 Å². The minimum Gasteiger partial charge on any atom is -0.377 e. The normalized spacial score (nSPS) is 15.0. The fourth-order valence-corrected chi connectivity index (χ4v) is 2.96. The molecule has 0 unspecified atom stereocenters. The van der Waals surface area contributed by atoms with Crippen LogP contribution in [0.1, 0.15) is 25.3 Å². The summed E-state index contributed by atoms with van der Waals surface area (Å²) in [6.45, 7) is 6.34. The zero-order valence-electron chi connectivity index (χ0n) is 13.4. The molecular formula is C16H26IN3OS. The van der Waals surface area contributed by atoms with Crippen LogP contribution in [-0.4, -0.2) is 44.2 Å². The number of ether oxygens (including phenoxy) is 1. The number of nitrogens with zero attached hydrogens (tertiary/aromatic N) is 2. The van der Waals surface area contributed by atoms with Crippen molar-refractivity contribution in [2.24, 2.45) is 4.99 Å². The van der Waals surface area contributed by atoms with Crippen LogP contribution >= 0.6 is 35.3 Å². The molecule has 1 aliphatic heterocycles. The van der Waals surface area contributed by atoms with Gasteiger partial charge in [-0.15, -0.1) is 24.0 Å². The van der Waals surface area contributed by atoms with Crippen LogP contribution in [-0.2, 0) is 11.3 Å². The summed E-state index contributed by atoms with van der Waals surface area (Å²) < 4.78 is 5.33. The minimum atomic E-state index is 0. The SMILES string of the molecule is CCNC(=NCCC1=CCOCC1)N(C)Cc1ccsc1.I. The molecule has 0 aliphatic carbocycles. The van der Waals surface area contributed by atoms with Crippen LogP contribution in [0.2, 0.25) is 0 Å². The predicted molar refractivity (Wildman–Crippen MR) is 105 cm³/mol. The number of halogens is 1. The summed E-state index contributed by atoms with van der Waals surface area (Å²) >= 11 is 1.74. The summed E-state index contributed by atoms with van der Waals surface area (Å²) in [7, 11) is 2.09. The van der Waals surface area contributed by atoms with Crippen molar-refractivity contribution in [1.82, 2.24) is 10.2 Å². The first-order valence-corrected chi connectivity index (χ1v) is 8.50. The zero-order valence-corrected chi connectivity index (χ0v) is 16.5. The molecule has 6 heteroatoms. The van der Waals surface area contributed by atoms with Crippen LogP contribution in [0.3, 0.4) is 0 Å². The maximum absolute atomic E-state index is 5.33. The van der Waals surface area contributed by atoms with Gasteiger partial charge in [0.25, 0.3) is 0 Å². The lowest BCUT2D eigenvalue weighted by Gasteiger charge is -2.22. The van der Waals surface area contributed by atoms with E-state index in [1.54, 1.807) is 11.3 Å². The van der Waals surface area contributed by atoms with Crippen molar-refractivity contribution in [3.63, 3.8) is 0 Å². The van der Waals surface area contributed by atoms with Crippen LogP contribution < -0.4 is 5.32 Å². The van der Waals surface area contributed by atoms with Gasteiger partial charge in [0, 0.05) is 26.7 Å². The number of hydrogen-bond acceptors (Lipinski definition) is 3. The minimum absolute atomic E-state index is 0. The van der Waals surface area contributed by atoms with E-state index in [-0.39, 0.29) is 24.0 Å². The molecule has 2 heterocycles. The van der Waals surface area contributed by atoms with Crippen molar-refractivity contribution >= 4 is 41.3 Å². The van der Waals surface area contributed by atoms with Gasteiger partial charge in [-0.3, -0.25) is 4.99 Å². The summed E-state index contributed by atoms with van der Waals surface area (Å²) in [6.07, 6.45) is 4.28. The van der Waals surface area contributed by atoms with Gasteiger partial charge in [0.1, 0.15) is 0 Å². The lowest BCUT2D eigenvalue weighted by atomic mass is 10.1. The highest BCUT2D eigenvalue weighted by atomic mass is 127. The van der Waals surface area contributed by atoms with Crippen LogP contribution in [0.4, 0.5) is 0 Å². The number of hydrogen-bond donors (Lipinski definition) is 1. The second kappa shape index (κ2) is 11.0. The predicted octanol–water partition coefficient (Wildman–Crippen LogP) is 3.50. The fraction of sp³-hybridized carbons (Fsp3) is 0.562. The molecule has 0 amide bonds. The van der Waals surface area contributed by atoms with Crippen molar-refractivity contribution in [2.75, 3.05) is 33.4 Å². The monoisotopic (exact) mass is 435 g/mol. The molecule has 0 saturated carbocycles. The Kier molecular flexibility index (Phi) is 9.74. The van der Waals surface area contributed by atoms with Crippen molar-refractivity contribution in [2.45, 2.75) is 26.3 Å². The summed E-state index contributed by atoms with van der Waals surface area (Å²) in [4.78, 5) is 6.93. The highest BCUT2D eigenvalue weighted by Crippen LogP contribution is 2.12. The van der Waals surface area contributed by atoms with Crippen LogP contribution in [0, 0.1) is 0 Å². The molecule has 0 atom stereocenters. The maximum atomic E-state index is 5.33. The van der Waals surface area contributed by atoms with E-state index < -0.39 is 0 Å². The summed E-state index contributed by atoms with van der Waals surface area (Å²) in [5, 5.41) is 7.67. The van der Waals surface area contributed by atoms with E-state index in [4.69, 9.17) is 9.73 Å². The molecule has 1 aromatic heterocycles. The molecule has 22 heavy (non-hydrogen) atoms. The molecule has 0 saturated heterocycles. The molecule has 124 valence electrons. The molecule has 0 spiro atoms. The van der Waals surface area contributed by atoms with Crippen molar-refractivity contribution in [3.8, 4) is 0 Å². The van der Waals surface area contributed by atoms with Gasteiger partial charge in [0.15, 0.2) is 5.96 Å². The van der Waals surface area contributed by atoms with E-state index in [2.05, 4.69) is 47.1 Å². The molecule has 0 radical (unpaired) electrons. The molecule has 0 aromatic carbocycles. The van der Waals surface area contributed by atoms with Gasteiger partial charge < -0.3 is 15.0 Å². The highest BCUT2D eigenvalue weighted by Gasteiger charge is 2.07. The standard InChI is InChI=1S/C16H25N3OS.HI/c1-3-17-16(19(2)12-15-7-11-21-13-15)18-8-4-14-5-9-20-10-6-14;/h5,7,11,13H,3-4,6,8-10,12H2,1-2H3,(H,17,18);1H. The second-order valence-corrected chi connectivity index (χ2v) is 5.94. The Hall–Kier alpha value is -0.600. The van der Waals surface area contributed by atoms with Gasteiger partial charge in [-0.1, -0.05) is 11.6 Å². The second-order valence-electron chi connectivity index (χ2n) is 5.16. The Morgan fingerprint density at radius 2 is 2.36 bits per heavy atom. The molecular weight excluding hydrogens is 409 g/mol. The van der Waals surface area contributed by atoms with Gasteiger partial charge >= 0.3 is 0 Å². The van der Waals surface area contributed by atoms with Gasteiger partial charge in [-0.25, -0.2) is 0 Å². The van der Waals surface area contributed by atoms with Gasteiger partial charge in [-0.05, 0) is 42.2 Å². The van der Waals surface area contributed by atoms with Crippen LogP contribution in [0.25, 0.3) is 0 Å². The third kappa shape index (κ3) is 6.66. The lowest BCUT2D eigenvalue weighted by molar-refractivity contribution is 0.153. The van der Waals surface area contributed by atoms with Gasteiger partial charge in [0.2, 0.25) is 0 Å². The fourth-order valence-electron chi connectivity index (χ4n) is 2.30. The smallest absolute Gasteiger partial charge is 0.193 e. The van der Waals surface area contributed by atoms with E-state index in [0.29, 0.717) is 0 Å². The molecule has 1 aliphatic rings. The lowest BCUT2D eigenvalue weighted by Crippen LogP contribution is -2.38. The number of rotatable bonds is 6. The summed E-state index contributed by atoms with van der Waals surface area (Å²) in [5.41, 5.74) is 2.81. The zero-order chi connectivity index (χ0) is 14.9. The Bertz CT molecular complexity index is 474. The highest BCUT2D eigenvalue weighted by molar-refractivity contribution is 14.0. The Balaban J connectivity index is 0.00000242. The number of thiophene rings is 1. The van der Waals surface area contributed by atoms with Gasteiger partial charge in [0.05, 0.1) is 13.2 Å². The third-order valence-corrected chi connectivity index (χ3v) is 4.18. The maximum Gasteiger partial charge on any atom is 0.193 e. The molecule has 1 N–H and O–H groups in total. The number of nitrogens with one attached hydrogen (secondary N) is 1. The Morgan fingerprint density at radius 3 is 3.00 bits per heavy atom. The largest absolute Gasteiger partial charge is 0.377 e. The summed E-state index contributed by atoms with van der Waals surface area (Å²) in [5.74, 6) is 0.983. The van der Waals surface area contributed by atoms with Crippen molar-refractivity contribution in [3.05, 3.63) is 34.0 Å². The summed E-state index contributed by atoms with van der Waals surface area (Å²) in [6, 6.07) is 2.16. The van der Waals surface area contributed by atoms with E-state index in [1.165, 1.54) is 11.1 Å². The van der Waals surface area contributed by atoms with E-state index >= 15 is 0 Å². The van der Waals surface area contributed by atoms with E-state index in [9.17, 15) is 0 Å². The Morgan fingerprint density at radius 1 is 1.50 bits per heavy atom. The first-order valence-electron chi connectivity index (χ1n) is 7.55. The molecule has 0 fully saturated rings. The first-order chi connectivity index (χ1) is 10.3. The van der Waals surface area contributed by atoms with Crippen molar-refractivity contribution < 1.29 is 4.74 Å². The third-order valence-electron chi connectivity index (χ3n) is 3.45. The number of guanidine groups is 1. The molecule has 4 nitrogen and oxygen atoms in total. The average Bonchev–Trinajstić information content (AvgIpc) is 3.00. The first kappa shape index (κ1) is 19.4. The Labute approximate surface area is 154 Å². The quantitative estimate of drug-likeness (QED) is 0.322. The van der Waals surface area contributed by atoms with E-state index in [1.807, 2.05) is 0 Å². The van der Waals surface area contributed by atoms with Crippen LogP contribution in [0.15, 0.2) is 33.5 Å². The van der Waals surface area contributed by atoms with Gasteiger partial charge in [-0.2, -0.15) is 11.3 Å². The molecule has 0 bridgehead atoms. The topological polar surface area (TPSA) is 36.9 Å². The molecule has 1 aromatic rings. The van der Waals surface area contributed by atoms with Crippen LogP contribution in [0.5, 0.6) is 0 Å². The van der Waals surface area contributed by atoms with Crippen molar-refractivity contribution in [1.29, 1.82) is 0 Å². The molecule has 2 rings (SSSR count).